The lowest BCUT2D eigenvalue weighted by Crippen LogP contribution is -2.37. The molecule has 4 heteroatoms. The number of benzene rings is 2. The fraction of sp³-hybridized carbons (Fsp3) is 0.429. The first-order valence-electron chi connectivity index (χ1n) is 8.73. The van der Waals surface area contributed by atoms with Gasteiger partial charge in [-0.3, -0.25) is 0 Å². The number of aromatic hydroxyl groups is 3. The summed E-state index contributed by atoms with van der Waals surface area (Å²) in [7, 11) is 0. The molecule has 25 heavy (non-hydrogen) atoms. The normalized spacial score (nSPS) is 19.4. The van der Waals surface area contributed by atoms with E-state index in [1.54, 1.807) is 6.07 Å². The summed E-state index contributed by atoms with van der Waals surface area (Å²) in [6.07, 6.45) is 3.34. The smallest absolute Gasteiger partial charge is 0.157 e. The molecule has 1 atom stereocenters. The van der Waals surface area contributed by atoms with Crippen molar-refractivity contribution in [3.05, 3.63) is 46.0 Å². The maximum absolute atomic E-state index is 10.3. The molecule has 2 aromatic carbocycles. The minimum absolute atomic E-state index is 0.0878. The molecule has 0 radical (unpaired) electrons. The van der Waals surface area contributed by atoms with Gasteiger partial charge in [-0.1, -0.05) is 6.07 Å². The van der Waals surface area contributed by atoms with Gasteiger partial charge < -0.3 is 20.1 Å². The van der Waals surface area contributed by atoms with Crippen LogP contribution in [0.1, 0.15) is 47.6 Å². The van der Waals surface area contributed by atoms with E-state index in [0.29, 0.717) is 5.75 Å². The molecule has 4 nitrogen and oxygen atoms in total. The Morgan fingerprint density at radius 2 is 1.72 bits per heavy atom. The molecule has 3 rings (SSSR count). The fourth-order valence-electron chi connectivity index (χ4n) is 3.60. The van der Waals surface area contributed by atoms with Crippen LogP contribution in [0.25, 0.3) is 0 Å². The van der Waals surface area contributed by atoms with Gasteiger partial charge in [-0.15, -0.1) is 0 Å². The highest BCUT2D eigenvalue weighted by Crippen LogP contribution is 2.44. The van der Waals surface area contributed by atoms with Gasteiger partial charge in [0.1, 0.15) is 17.1 Å². The maximum atomic E-state index is 10.3. The molecular weight excluding hydrogens is 316 g/mol. The van der Waals surface area contributed by atoms with E-state index in [2.05, 4.69) is 6.92 Å². The van der Waals surface area contributed by atoms with Crippen LogP contribution in [0.3, 0.4) is 0 Å². The topological polar surface area (TPSA) is 69.9 Å². The molecule has 1 heterocycles. The Labute approximate surface area is 148 Å². The van der Waals surface area contributed by atoms with Gasteiger partial charge in [0.25, 0.3) is 0 Å². The number of phenols is 3. The van der Waals surface area contributed by atoms with Gasteiger partial charge in [-0.05, 0) is 87.8 Å². The number of phenolic OH excluding ortho intramolecular Hbond substituents is 3. The highest BCUT2D eigenvalue weighted by Gasteiger charge is 2.34. The fourth-order valence-corrected chi connectivity index (χ4v) is 3.60. The van der Waals surface area contributed by atoms with Crippen LogP contribution < -0.4 is 4.74 Å². The standard InChI is InChI=1S/C21H26O4/c1-12-13(2)20-16(14(3)19(12)24)8-10-21(4,25-20)9-7-15-5-6-17(22)18(23)11-15/h5-6,11,22-24H,7-10H2,1-4H3. The zero-order valence-corrected chi connectivity index (χ0v) is 15.3. The van der Waals surface area contributed by atoms with Crippen LogP contribution in [0.2, 0.25) is 0 Å². The van der Waals surface area contributed by atoms with Gasteiger partial charge in [0.2, 0.25) is 0 Å². The second kappa shape index (κ2) is 6.17. The molecule has 2 aromatic rings. The van der Waals surface area contributed by atoms with Crippen LogP contribution in [0, 0.1) is 20.8 Å². The average molecular weight is 342 g/mol. The van der Waals surface area contributed by atoms with Crippen LogP contribution in [0.15, 0.2) is 18.2 Å². The Hall–Kier alpha value is -2.36. The molecule has 1 unspecified atom stereocenters. The first-order valence-corrected chi connectivity index (χ1v) is 8.73. The summed E-state index contributed by atoms with van der Waals surface area (Å²) in [5, 5.41) is 29.4. The van der Waals surface area contributed by atoms with Gasteiger partial charge in [0, 0.05) is 5.56 Å². The summed E-state index contributed by atoms with van der Waals surface area (Å²) >= 11 is 0. The highest BCUT2D eigenvalue weighted by molar-refractivity contribution is 5.58. The van der Waals surface area contributed by atoms with E-state index in [4.69, 9.17) is 4.74 Å². The zero-order valence-electron chi connectivity index (χ0n) is 15.3. The SMILES string of the molecule is Cc1c(C)c2c(c(C)c1O)CCC(C)(CCc1ccc(O)c(O)c1)O2. The van der Waals surface area contributed by atoms with Crippen molar-refractivity contribution in [2.24, 2.45) is 0 Å². The number of hydrogen-bond acceptors (Lipinski definition) is 4. The van der Waals surface area contributed by atoms with E-state index in [-0.39, 0.29) is 17.1 Å². The molecule has 1 aliphatic rings. The van der Waals surface area contributed by atoms with E-state index in [1.165, 1.54) is 6.07 Å². The second-order valence-corrected chi connectivity index (χ2v) is 7.41. The molecule has 0 aromatic heterocycles. The molecular formula is C21H26O4. The van der Waals surface area contributed by atoms with E-state index in [9.17, 15) is 15.3 Å². The number of rotatable bonds is 3. The summed E-state index contributed by atoms with van der Waals surface area (Å²) < 4.78 is 6.42. The van der Waals surface area contributed by atoms with Gasteiger partial charge in [0.05, 0.1) is 0 Å². The second-order valence-electron chi connectivity index (χ2n) is 7.41. The largest absolute Gasteiger partial charge is 0.507 e. The van der Waals surface area contributed by atoms with Crippen molar-refractivity contribution in [2.75, 3.05) is 0 Å². The van der Waals surface area contributed by atoms with E-state index in [1.807, 2.05) is 26.8 Å². The lowest BCUT2D eigenvalue weighted by atomic mass is 9.84. The molecule has 0 aliphatic carbocycles. The molecule has 0 spiro atoms. The Bertz CT molecular complexity index is 825. The first kappa shape index (κ1) is 17.5. The molecule has 134 valence electrons. The van der Waals surface area contributed by atoms with E-state index in [0.717, 1.165) is 59.3 Å². The number of aryl methyl sites for hydroxylation is 1. The molecule has 0 amide bonds. The molecule has 0 bridgehead atoms. The Kier molecular flexibility index (Phi) is 4.31. The molecule has 3 N–H and O–H groups in total. The molecule has 0 fully saturated rings. The number of fused-ring (bicyclic) bond motifs is 1. The van der Waals surface area contributed by atoms with E-state index < -0.39 is 0 Å². The van der Waals surface area contributed by atoms with Crippen LogP contribution in [0.4, 0.5) is 0 Å². The average Bonchev–Trinajstić information content (AvgIpc) is 2.59. The van der Waals surface area contributed by atoms with Crippen LogP contribution in [-0.2, 0) is 12.8 Å². The number of hydrogen-bond donors (Lipinski definition) is 3. The third-order valence-electron chi connectivity index (χ3n) is 5.57. The molecule has 0 saturated heterocycles. The Balaban J connectivity index is 1.82. The Morgan fingerprint density at radius 1 is 1.00 bits per heavy atom. The lowest BCUT2D eigenvalue weighted by Gasteiger charge is -2.38. The van der Waals surface area contributed by atoms with Gasteiger partial charge >= 0.3 is 0 Å². The summed E-state index contributed by atoms with van der Waals surface area (Å²) in [4.78, 5) is 0. The van der Waals surface area contributed by atoms with Crippen molar-refractivity contribution in [3.8, 4) is 23.0 Å². The first-order chi connectivity index (χ1) is 11.7. The zero-order chi connectivity index (χ0) is 18.4. The summed E-state index contributed by atoms with van der Waals surface area (Å²) in [5.74, 6) is 1.10. The highest BCUT2D eigenvalue weighted by atomic mass is 16.5. The third kappa shape index (κ3) is 3.13. The molecule has 0 saturated carbocycles. The predicted molar refractivity (Wildman–Crippen MR) is 97.8 cm³/mol. The van der Waals surface area contributed by atoms with Crippen LogP contribution in [0.5, 0.6) is 23.0 Å². The summed E-state index contributed by atoms with van der Waals surface area (Å²) in [6.45, 7) is 7.99. The van der Waals surface area contributed by atoms with Gasteiger partial charge in [-0.2, -0.15) is 0 Å². The minimum atomic E-state index is -0.291. The Morgan fingerprint density at radius 3 is 2.40 bits per heavy atom. The minimum Gasteiger partial charge on any atom is -0.507 e. The van der Waals surface area contributed by atoms with Gasteiger partial charge in [-0.25, -0.2) is 0 Å². The van der Waals surface area contributed by atoms with Crippen molar-refractivity contribution in [1.29, 1.82) is 0 Å². The summed E-state index contributed by atoms with van der Waals surface area (Å²) in [5.41, 5.74) is 4.60. The van der Waals surface area contributed by atoms with Crippen molar-refractivity contribution in [2.45, 2.75) is 59.0 Å². The van der Waals surface area contributed by atoms with E-state index >= 15 is 0 Å². The monoisotopic (exact) mass is 342 g/mol. The number of ether oxygens (including phenoxy) is 1. The molecule has 1 aliphatic heterocycles. The predicted octanol–water partition coefficient (Wildman–Crippen LogP) is 4.45. The van der Waals surface area contributed by atoms with Gasteiger partial charge in [0.15, 0.2) is 11.5 Å². The quantitative estimate of drug-likeness (QED) is 0.721. The van der Waals surface area contributed by atoms with Crippen LogP contribution >= 0.6 is 0 Å². The van der Waals surface area contributed by atoms with Crippen LogP contribution in [-0.4, -0.2) is 20.9 Å². The van der Waals surface area contributed by atoms with Crippen molar-refractivity contribution in [3.63, 3.8) is 0 Å². The lowest BCUT2D eigenvalue weighted by molar-refractivity contribution is 0.0552. The van der Waals surface area contributed by atoms with Crippen molar-refractivity contribution in [1.82, 2.24) is 0 Å². The third-order valence-corrected chi connectivity index (χ3v) is 5.57. The maximum Gasteiger partial charge on any atom is 0.157 e. The van der Waals surface area contributed by atoms with Crippen molar-refractivity contribution < 1.29 is 20.1 Å². The van der Waals surface area contributed by atoms with Crippen molar-refractivity contribution >= 4 is 0 Å². The summed E-state index contributed by atoms with van der Waals surface area (Å²) in [6, 6.07) is 4.95.